The lowest BCUT2D eigenvalue weighted by molar-refractivity contribution is 0.232. The Morgan fingerprint density at radius 2 is 1.86 bits per heavy atom. The first kappa shape index (κ1) is 19.9. The molecular weight excluding hydrogens is 382 g/mol. The molecule has 150 valence electrons. The molecule has 0 saturated heterocycles. The summed E-state index contributed by atoms with van der Waals surface area (Å²) in [5.74, 6) is -0.322. The molecule has 0 aliphatic carbocycles. The van der Waals surface area contributed by atoms with Crippen LogP contribution in [0.1, 0.15) is 38.2 Å². The Morgan fingerprint density at radius 3 is 2.52 bits per heavy atom. The number of nitrogens with zero attached hydrogens (tertiary/aromatic N) is 5. The molecule has 11 heteroatoms. The maximum absolute atomic E-state index is 14.4. The molecule has 0 bridgehead atoms. The molecule has 0 spiro atoms. The summed E-state index contributed by atoms with van der Waals surface area (Å²) in [6.45, 7) is 5.43. The average molecular weight is 400 g/mol. The van der Waals surface area contributed by atoms with E-state index in [0.717, 1.165) is 18.5 Å². The van der Waals surface area contributed by atoms with Crippen molar-refractivity contribution in [2.24, 2.45) is 0 Å². The molecule has 3 aromatic rings. The van der Waals surface area contributed by atoms with Crippen LogP contribution in [0.4, 0.5) is 26.2 Å². The van der Waals surface area contributed by atoms with Gasteiger partial charge >= 0.3 is 0 Å². The summed E-state index contributed by atoms with van der Waals surface area (Å²) >= 11 is 0. The van der Waals surface area contributed by atoms with Crippen LogP contribution < -0.4 is 15.4 Å². The van der Waals surface area contributed by atoms with Crippen LogP contribution >= 0.6 is 0 Å². The number of pyridine rings is 1. The van der Waals surface area contributed by atoms with Gasteiger partial charge in [-0.05, 0) is 26.8 Å². The van der Waals surface area contributed by atoms with Crippen LogP contribution in [0, 0.1) is 23.0 Å². The summed E-state index contributed by atoms with van der Waals surface area (Å²) < 4.78 is 32.9. The van der Waals surface area contributed by atoms with Gasteiger partial charge in [0.1, 0.15) is 17.7 Å². The van der Waals surface area contributed by atoms with Crippen molar-refractivity contribution in [2.45, 2.75) is 32.9 Å². The van der Waals surface area contributed by atoms with E-state index < -0.39 is 17.7 Å². The summed E-state index contributed by atoms with van der Waals surface area (Å²) in [6.07, 6.45) is 2.01. The Morgan fingerprint density at radius 1 is 1.14 bits per heavy atom. The van der Waals surface area contributed by atoms with Crippen molar-refractivity contribution in [3.8, 4) is 11.9 Å². The predicted molar refractivity (Wildman–Crippen MR) is 101 cm³/mol. The number of halogens is 2. The topological polar surface area (TPSA) is 124 Å². The van der Waals surface area contributed by atoms with E-state index in [-0.39, 0.29) is 29.1 Å². The average Bonchev–Trinajstić information content (AvgIpc) is 3.10. The highest BCUT2D eigenvalue weighted by Crippen LogP contribution is 2.26. The zero-order valence-electron chi connectivity index (χ0n) is 15.9. The van der Waals surface area contributed by atoms with E-state index in [9.17, 15) is 14.0 Å². The highest BCUT2D eigenvalue weighted by Gasteiger charge is 2.17. The van der Waals surface area contributed by atoms with Gasteiger partial charge in [0.25, 0.3) is 0 Å². The number of nitrogens with one attached hydrogen (secondary N) is 3. The Bertz CT molecular complexity index is 1030. The Hall–Kier alpha value is -3.81. The van der Waals surface area contributed by atoms with Crippen molar-refractivity contribution in [1.82, 2.24) is 25.1 Å². The van der Waals surface area contributed by atoms with Crippen LogP contribution in [0.25, 0.3) is 0 Å². The molecule has 3 rings (SSSR count). The van der Waals surface area contributed by atoms with Gasteiger partial charge in [-0.2, -0.15) is 10.4 Å². The zero-order valence-corrected chi connectivity index (χ0v) is 15.9. The van der Waals surface area contributed by atoms with Gasteiger partial charge in [-0.1, -0.05) is 0 Å². The van der Waals surface area contributed by atoms with Crippen molar-refractivity contribution in [1.29, 1.82) is 5.26 Å². The monoisotopic (exact) mass is 400 g/mol. The number of nitriles is 1. The highest BCUT2D eigenvalue weighted by molar-refractivity contribution is 5.61. The second-order valence-corrected chi connectivity index (χ2v) is 6.36. The largest absolute Gasteiger partial charge is 0.475 e. The first-order valence-electron chi connectivity index (χ1n) is 8.69. The Balaban J connectivity index is 1.83. The molecule has 3 aromatic heterocycles. The molecular formula is C18H18F2N8O. The lowest BCUT2D eigenvalue weighted by Gasteiger charge is -2.15. The molecule has 0 aliphatic heterocycles. The second kappa shape index (κ2) is 8.47. The van der Waals surface area contributed by atoms with Crippen LogP contribution in [0.3, 0.4) is 0 Å². The predicted octanol–water partition coefficient (Wildman–Crippen LogP) is 3.45. The summed E-state index contributed by atoms with van der Waals surface area (Å²) in [7, 11) is 0. The Labute approximate surface area is 165 Å². The molecule has 0 radical (unpaired) electrons. The van der Waals surface area contributed by atoms with Crippen molar-refractivity contribution in [3.63, 3.8) is 0 Å². The number of aromatic nitrogens is 5. The molecule has 3 N–H and O–H groups in total. The lowest BCUT2D eigenvalue weighted by atomic mass is 10.2. The number of rotatable bonds is 7. The Kier molecular flexibility index (Phi) is 5.82. The fourth-order valence-corrected chi connectivity index (χ4v) is 2.39. The van der Waals surface area contributed by atoms with E-state index in [0.29, 0.717) is 11.7 Å². The molecule has 0 fully saturated rings. The number of anilines is 3. The van der Waals surface area contributed by atoms with Crippen molar-refractivity contribution in [2.75, 3.05) is 10.6 Å². The van der Waals surface area contributed by atoms with E-state index in [2.05, 4.69) is 35.8 Å². The lowest BCUT2D eigenvalue weighted by Crippen LogP contribution is -2.14. The molecule has 1 atom stereocenters. The molecule has 3 heterocycles. The molecule has 9 nitrogen and oxygen atoms in total. The van der Waals surface area contributed by atoms with E-state index >= 15 is 0 Å². The van der Waals surface area contributed by atoms with Crippen LogP contribution in [-0.4, -0.2) is 31.3 Å². The first-order chi connectivity index (χ1) is 13.9. The maximum Gasteiger partial charge on any atom is 0.211 e. The third-order valence-corrected chi connectivity index (χ3v) is 3.64. The minimum absolute atomic E-state index is 0.00660. The molecule has 0 aromatic carbocycles. The van der Waals surface area contributed by atoms with E-state index in [1.165, 1.54) is 0 Å². The third kappa shape index (κ3) is 4.92. The van der Waals surface area contributed by atoms with Crippen LogP contribution in [0.5, 0.6) is 5.88 Å². The zero-order chi connectivity index (χ0) is 21.0. The van der Waals surface area contributed by atoms with Gasteiger partial charge in [0.15, 0.2) is 23.3 Å². The number of hydrogen-bond acceptors (Lipinski definition) is 8. The molecule has 0 saturated carbocycles. The third-order valence-electron chi connectivity index (χ3n) is 3.64. The van der Waals surface area contributed by atoms with Crippen molar-refractivity contribution in [3.05, 3.63) is 47.5 Å². The first-order valence-corrected chi connectivity index (χ1v) is 8.69. The fraction of sp³-hybridized carbons (Fsp3) is 0.278. The minimum Gasteiger partial charge on any atom is -0.475 e. The molecule has 1 unspecified atom stereocenters. The van der Waals surface area contributed by atoms with Gasteiger partial charge in [0.2, 0.25) is 5.88 Å². The van der Waals surface area contributed by atoms with Gasteiger partial charge in [-0.15, -0.1) is 0 Å². The fourth-order valence-electron chi connectivity index (χ4n) is 2.39. The minimum atomic E-state index is -0.730. The van der Waals surface area contributed by atoms with E-state index in [1.54, 1.807) is 13.0 Å². The molecule has 0 aliphatic rings. The van der Waals surface area contributed by atoms with Gasteiger partial charge in [-0.3, -0.25) is 0 Å². The van der Waals surface area contributed by atoms with Gasteiger partial charge in [-0.25, -0.2) is 28.8 Å². The molecule has 29 heavy (non-hydrogen) atoms. The highest BCUT2D eigenvalue weighted by atomic mass is 19.1. The summed E-state index contributed by atoms with van der Waals surface area (Å²) in [4.78, 5) is 11.9. The second-order valence-electron chi connectivity index (χ2n) is 6.36. The molecule has 0 amide bonds. The van der Waals surface area contributed by atoms with Crippen molar-refractivity contribution >= 4 is 17.5 Å². The number of ether oxygens (including phenoxy) is 1. The number of H-pyrrole nitrogens is 1. The van der Waals surface area contributed by atoms with Gasteiger partial charge in [0, 0.05) is 6.07 Å². The van der Waals surface area contributed by atoms with Crippen LogP contribution in [0.2, 0.25) is 0 Å². The van der Waals surface area contributed by atoms with Gasteiger partial charge < -0.3 is 15.4 Å². The SMILES string of the molecule is CC(C)Oc1cc(Nc2nc(NC(C)c3ncc(F)cn3)c(C#N)cc2F)n[nH]1. The smallest absolute Gasteiger partial charge is 0.211 e. The van der Waals surface area contributed by atoms with E-state index in [4.69, 9.17) is 4.74 Å². The maximum atomic E-state index is 14.4. The van der Waals surface area contributed by atoms with Gasteiger partial charge in [0.05, 0.1) is 30.1 Å². The summed E-state index contributed by atoms with van der Waals surface area (Å²) in [5.41, 5.74) is -0.00660. The number of aromatic amines is 1. The van der Waals surface area contributed by atoms with Crippen molar-refractivity contribution < 1.29 is 13.5 Å². The summed E-state index contributed by atoms with van der Waals surface area (Å²) in [6, 6.07) is 3.98. The van der Waals surface area contributed by atoms with Crippen LogP contribution in [0.15, 0.2) is 24.5 Å². The quantitative estimate of drug-likeness (QED) is 0.551. The van der Waals surface area contributed by atoms with E-state index in [1.807, 2.05) is 19.9 Å². The number of hydrogen-bond donors (Lipinski definition) is 3. The van der Waals surface area contributed by atoms with Crippen LogP contribution in [-0.2, 0) is 0 Å². The standard InChI is InChI=1S/C18H18F2N8O/c1-9(2)29-15-5-14(27-28-15)25-18-13(20)4-11(6-21)17(26-18)24-10(3)16-22-7-12(19)8-23-16/h4-5,7-10H,1-3H3,(H3,24,25,26,27,28). The summed E-state index contributed by atoms with van der Waals surface area (Å²) in [5, 5.41) is 21.6. The normalized spacial score (nSPS) is 11.8.